The molecule has 0 N–H and O–H groups in total. The van der Waals surface area contributed by atoms with Gasteiger partial charge in [0.05, 0.1) is 16.9 Å². The van der Waals surface area contributed by atoms with E-state index in [4.69, 9.17) is 17.0 Å². The topological polar surface area (TPSA) is 89.8 Å². The number of amides is 2. The third-order valence-electron chi connectivity index (χ3n) is 3.71. The highest BCUT2D eigenvalue weighted by Crippen LogP contribution is 2.34. The summed E-state index contributed by atoms with van der Waals surface area (Å²) < 4.78 is 5.17. The number of nitro benzene ring substituents is 1. The molecule has 1 fully saturated rings. The van der Waals surface area contributed by atoms with E-state index in [1.807, 2.05) is 0 Å². The molecule has 1 heterocycles. The van der Waals surface area contributed by atoms with Crippen molar-refractivity contribution in [2.75, 3.05) is 7.11 Å². The molecule has 0 radical (unpaired) electrons. The van der Waals surface area contributed by atoms with Crippen molar-refractivity contribution in [3.05, 3.63) is 74.7 Å². The second kappa shape index (κ2) is 7.68. The molecular formula is C18H12N2O5S2. The number of benzene rings is 2. The standard InChI is InChI=1S/C18H12N2O5S2/c1-25-14-7-5-11(6-8-14)9-15-17(22)19(18(26)27-15)16(21)12-3-2-4-13(10-12)20(23)24/h2-10H,1H3. The van der Waals surface area contributed by atoms with Crippen molar-refractivity contribution in [3.8, 4) is 5.75 Å². The number of carbonyl (C=O) groups excluding carboxylic acids is 2. The first-order valence-electron chi connectivity index (χ1n) is 7.61. The van der Waals surface area contributed by atoms with Crippen molar-refractivity contribution in [3.63, 3.8) is 0 Å². The van der Waals surface area contributed by atoms with E-state index in [1.165, 1.54) is 18.2 Å². The Morgan fingerprint density at radius 2 is 1.96 bits per heavy atom. The van der Waals surface area contributed by atoms with Crippen molar-refractivity contribution in [2.45, 2.75) is 0 Å². The molecule has 2 aromatic carbocycles. The lowest BCUT2D eigenvalue weighted by molar-refractivity contribution is -0.384. The van der Waals surface area contributed by atoms with E-state index in [2.05, 4.69) is 0 Å². The molecule has 0 spiro atoms. The van der Waals surface area contributed by atoms with Crippen molar-refractivity contribution in [1.29, 1.82) is 0 Å². The summed E-state index contributed by atoms with van der Waals surface area (Å²) in [7, 11) is 1.56. The van der Waals surface area contributed by atoms with Gasteiger partial charge in [-0.3, -0.25) is 19.7 Å². The van der Waals surface area contributed by atoms with E-state index in [-0.39, 0.29) is 15.6 Å². The molecule has 0 unspecified atom stereocenters. The maximum Gasteiger partial charge on any atom is 0.273 e. The minimum absolute atomic E-state index is 0.0196. The molecule has 2 amide bonds. The number of nitro groups is 1. The van der Waals surface area contributed by atoms with Crippen LogP contribution in [0.2, 0.25) is 0 Å². The van der Waals surface area contributed by atoms with Gasteiger partial charge in [-0.1, -0.05) is 42.2 Å². The van der Waals surface area contributed by atoms with Crippen LogP contribution in [-0.2, 0) is 4.79 Å². The largest absolute Gasteiger partial charge is 0.497 e. The number of hydrogen-bond acceptors (Lipinski definition) is 7. The molecule has 0 aromatic heterocycles. The number of thiocarbonyl (C=S) groups is 1. The molecule has 0 atom stereocenters. The van der Waals surface area contributed by atoms with Gasteiger partial charge in [0.2, 0.25) is 0 Å². The van der Waals surface area contributed by atoms with Crippen molar-refractivity contribution >= 4 is 51.9 Å². The highest BCUT2D eigenvalue weighted by atomic mass is 32.2. The molecule has 0 bridgehead atoms. The predicted molar refractivity (Wildman–Crippen MR) is 105 cm³/mol. The summed E-state index contributed by atoms with van der Waals surface area (Å²) in [5.41, 5.74) is 0.533. The van der Waals surface area contributed by atoms with Crippen molar-refractivity contribution in [1.82, 2.24) is 4.90 Å². The van der Waals surface area contributed by atoms with Crippen LogP contribution < -0.4 is 4.74 Å². The maximum absolute atomic E-state index is 12.7. The zero-order valence-corrected chi connectivity index (χ0v) is 15.6. The molecule has 9 heteroatoms. The number of thioether (sulfide) groups is 1. The highest BCUT2D eigenvalue weighted by molar-refractivity contribution is 8.26. The Bertz CT molecular complexity index is 986. The third-order valence-corrected chi connectivity index (χ3v) is 5.02. The number of imide groups is 1. The zero-order chi connectivity index (χ0) is 19.6. The minimum Gasteiger partial charge on any atom is -0.497 e. The average Bonchev–Trinajstić information content (AvgIpc) is 2.95. The average molecular weight is 400 g/mol. The van der Waals surface area contributed by atoms with Crippen LogP contribution in [0.5, 0.6) is 5.75 Å². The van der Waals surface area contributed by atoms with Crippen LogP contribution in [-0.4, -0.2) is 33.1 Å². The Labute approximate surface area is 163 Å². The van der Waals surface area contributed by atoms with Gasteiger partial charge < -0.3 is 4.74 Å². The summed E-state index contributed by atoms with van der Waals surface area (Å²) in [6, 6.07) is 12.2. The van der Waals surface area contributed by atoms with Crippen LogP contribution >= 0.6 is 24.0 Å². The minimum atomic E-state index is -0.695. The van der Waals surface area contributed by atoms with E-state index in [1.54, 1.807) is 37.5 Å². The Kier molecular flexibility index (Phi) is 5.33. The fourth-order valence-corrected chi connectivity index (χ4v) is 3.63. The summed E-state index contributed by atoms with van der Waals surface area (Å²) in [4.78, 5) is 36.7. The quantitative estimate of drug-likeness (QED) is 0.254. The van der Waals surface area contributed by atoms with E-state index in [0.29, 0.717) is 10.7 Å². The Morgan fingerprint density at radius 3 is 2.59 bits per heavy atom. The lowest BCUT2D eigenvalue weighted by Gasteiger charge is -2.12. The summed E-state index contributed by atoms with van der Waals surface area (Å²) >= 11 is 6.17. The molecule has 7 nitrogen and oxygen atoms in total. The lowest BCUT2D eigenvalue weighted by atomic mass is 10.1. The molecule has 136 valence electrons. The van der Waals surface area contributed by atoms with Crippen LogP contribution in [0.4, 0.5) is 5.69 Å². The summed E-state index contributed by atoms with van der Waals surface area (Å²) in [6.45, 7) is 0. The zero-order valence-electron chi connectivity index (χ0n) is 13.9. The fraction of sp³-hybridized carbons (Fsp3) is 0.0556. The van der Waals surface area contributed by atoms with Crippen LogP contribution in [0.25, 0.3) is 6.08 Å². The molecule has 3 rings (SSSR count). The molecule has 1 aliphatic rings. The van der Waals surface area contributed by atoms with E-state index in [0.717, 1.165) is 28.3 Å². The van der Waals surface area contributed by atoms with E-state index < -0.39 is 16.7 Å². The summed E-state index contributed by atoms with van der Waals surface area (Å²) in [5, 5.41) is 10.9. The van der Waals surface area contributed by atoms with Crippen LogP contribution in [0, 0.1) is 10.1 Å². The van der Waals surface area contributed by atoms with Crippen molar-refractivity contribution in [2.24, 2.45) is 0 Å². The highest BCUT2D eigenvalue weighted by Gasteiger charge is 2.37. The van der Waals surface area contributed by atoms with Gasteiger partial charge >= 0.3 is 0 Å². The third kappa shape index (κ3) is 3.88. The Hall–Kier alpha value is -3.04. The first kappa shape index (κ1) is 18.7. The predicted octanol–water partition coefficient (Wildman–Crippen LogP) is 3.65. The first-order chi connectivity index (χ1) is 12.9. The van der Waals surface area contributed by atoms with Crippen LogP contribution in [0.15, 0.2) is 53.4 Å². The lowest BCUT2D eigenvalue weighted by Crippen LogP contribution is -2.34. The molecule has 0 aliphatic carbocycles. The Balaban J connectivity index is 1.87. The number of nitrogens with zero attached hydrogens (tertiary/aromatic N) is 2. The SMILES string of the molecule is COc1ccc(C=C2SC(=S)N(C(=O)c3cccc([N+](=O)[O-])c3)C2=O)cc1. The number of carbonyl (C=O) groups is 2. The first-order valence-corrected chi connectivity index (χ1v) is 8.84. The molecule has 0 saturated carbocycles. The van der Waals surface area contributed by atoms with Gasteiger partial charge in [-0.2, -0.15) is 0 Å². The van der Waals surface area contributed by atoms with Gasteiger partial charge in [0.15, 0.2) is 4.32 Å². The van der Waals surface area contributed by atoms with E-state index in [9.17, 15) is 19.7 Å². The Morgan fingerprint density at radius 1 is 1.26 bits per heavy atom. The van der Waals surface area contributed by atoms with Gasteiger partial charge in [-0.25, -0.2) is 4.90 Å². The molecule has 1 aliphatic heterocycles. The van der Waals surface area contributed by atoms with Crippen LogP contribution in [0.1, 0.15) is 15.9 Å². The molecule has 27 heavy (non-hydrogen) atoms. The number of hydrogen-bond donors (Lipinski definition) is 0. The second-order valence-electron chi connectivity index (χ2n) is 5.40. The molecule has 1 saturated heterocycles. The molecule has 2 aromatic rings. The normalized spacial score (nSPS) is 15.3. The number of ether oxygens (including phenoxy) is 1. The van der Waals surface area contributed by atoms with Gasteiger partial charge in [-0.15, -0.1) is 0 Å². The number of non-ortho nitro benzene ring substituents is 1. The second-order valence-corrected chi connectivity index (χ2v) is 7.08. The summed E-state index contributed by atoms with van der Waals surface area (Å²) in [6.07, 6.45) is 1.62. The fourth-order valence-electron chi connectivity index (χ4n) is 2.38. The van der Waals surface area contributed by atoms with Crippen LogP contribution in [0.3, 0.4) is 0 Å². The van der Waals surface area contributed by atoms with Gasteiger partial charge in [-0.05, 0) is 29.8 Å². The summed E-state index contributed by atoms with van der Waals surface area (Å²) in [5.74, 6) is -0.572. The number of methoxy groups -OCH3 is 1. The smallest absolute Gasteiger partial charge is 0.273 e. The van der Waals surface area contributed by atoms with Crippen molar-refractivity contribution < 1.29 is 19.2 Å². The van der Waals surface area contributed by atoms with Gasteiger partial charge in [0.1, 0.15) is 5.75 Å². The monoisotopic (exact) mass is 400 g/mol. The number of rotatable bonds is 4. The van der Waals surface area contributed by atoms with Gasteiger partial charge in [0, 0.05) is 17.7 Å². The molecular weight excluding hydrogens is 388 g/mol. The van der Waals surface area contributed by atoms with E-state index >= 15 is 0 Å². The van der Waals surface area contributed by atoms with Gasteiger partial charge in [0.25, 0.3) is 17.5 Å². The maximum atomic E-state index is 12.7.